The fraction of sp³-hybridized carbons (Fsp3) is 0.786. The van der Waals surface area contributed by atoms with Crippen LogP contribution in [0.5, 0.6) is 0 Å². The molecular formula is C28H40O7. The summed E-state index contributed by atoms with van der Waals surface area (Å²) in [6.07, 6.45) is 4.49. The molecule has 7 heteroatoms. The number of carbonyl (C=O) groups is 4. The van der Waals surface area contributed by atoms with Crippen molar-refractivity contribution in [3.05, 3.63) is 11.6 Å². The minimum atomic E-state index is -2.28. The number of ketones is 2. The summed E-state index contributed by atoms with van der Waals surface area (Å²) in [5.74, 6) is -2.49. The predicted molar refractivity (Wildman–Crippen MR) is 128 cm³/mol. The van der Waals surface area contributed by atoms with Gasteiger partial charge in [-0.05, 0) is 69.1 Å². The Hall–Kier alpha value is -2.02. The average Bonchev–Trinajstić information content (AvgIpc) is 2.88. The number of allylic oxidation sites excluding steroid dienone is 2. The highest BCUT2D eigenvalue weighted by Gasteiger charge is 2.85. The van der Waals surface area contributed by atoms with E-state index in [0.29, 0.717) is 24.8 Å². The van der Waals surface area contributed by atoms with Crippen LogP contribution in [0.4, 0.5) is 0 Å². The molecule has 0 radical (unpaired) electrons. The molecule has 8 atom stereocenters. The maximum Gasteiger partial charge on any atom is 0.321 e. The Bertz CT molecular complexity index is 1050. The summed E-state index contributed by atoms with van der Waals surface area (Å²) in [7, 11) is 1.25. The van der Waals surface area contributed by atoms with E-state index in [1.807, 2.05) is 6.92 Å². The van der Waals surface area contributed by atoms with Gasteiger partial charge in [0.1, 0.15) is 6.10 Å². The van der Waals surface area contributed by atoms with Crippen molar-refractivity contribution in [3.63, 3.8) is 0 Å². The number of esters is 2. The van der Waals surface area contributed by atoms with Crippen LogP contribution in [-0.4, -0.2) is 47.4 Å². The van der Waals surface area contributed by atoms with Crippen LogP contribution < -0.4 is 0 Å². The molecule has 0 heterocycles. The molecule has 4 aliphatic carbocycles. The number of methoxy groups -OCH3 is 1. The van der Waals surface area contributed by atoms with E-state index in [4.69, 9.17) is 9.47 Å². The Morgan fingerprint density at radius 3 is 2.14 bits per heavy atom. The van der Waals surface area contributed by atoms with E-state index >= 15 is 0 Å². The SMILES string of the molecule is COC(=O)[C@]12C(=O)[C@](C)(O)C(=O)[C@]1(C)C(C)=C[C@H]1[C@@]3(C)CC[C@H](OC(C)=O)C(C)(C)[C@@H]3CC[C@@]12C. The van der Waals surface area contributed by atoms with E-state index in [9.17, 15) is 24.3 Å². The van der Waals surface area contributed by atoms with E-state index in [0.717, 1.165) is 6.42 Å². The number of ether oxygens (including phenoxy) is 2. The number of aliphatic hydroxyl groups is 1. The fourth-order valence-electron chi connectivity index (χ4n) is 9.43. The lowest BCUT2D eigenvalue weighted by atomic mass is 9.34. The van der Waals surface area contributed by atoms with Gasteiger partial charge in [0.2, 0.25) is 0 Å². The lowest BCUT2D eigenvalue weighted by Gasteiger charge is -2.68. The van der Waals surface area contributed by atoms with Gasteiger partial charge in [-0.25, -0.2) is 0 Å². The number of carbonyl (C=O) groups excluding carboxylic acids is 4. The smallest absolute Gasteiger partial charge is 0.321 e. The topological polar surface area (TPSA) is 107 Å². The minimum absolute atomic E-state index is 0.155. The van der Waals surface area contributed by atoms with Crippen molar-refractivity contribution in [1.29, 1.82) is 0 Å². The highest BCUT2D eigenvalue weighted by Crippen LogP contribution is 2.76. The summed E-state index contributed by atoms with van der Waals surface area (Å²) >= 11 is 0. The lowest BCUT2D eigenvalue weighted by molar-refractivity contribution is -0.219. The standard InChI is InChI=1S/C28H40O7/c1-15-14-18-24(5)12-11-19(35-16(2)29)23(3,4)17(24)10-13-25(18,6)28(22(32)34-9)21(31)27(8,33)20(30)26(15,28)7/h14,17-19,33H,10-13H2,1-9H3/t17-,18-,19-,24-,25-,26-,27+,28-/m0/s1. The fourth-order valence-corrected chi connectivity index (χ4v) is 9.43. The molecule has 4 aliphatic rings. The molecule has 3 fully saturated rings. The first kappa shape index (κ1) is 26.1. The van der Waals surface area contributed by atoms with Crippen molar-refractivity contribution in [3.8, 4) is 0 Å². The molecule has 7 nitrogen and oxygen atoms in total. The largest absolute Gasteiger partial charge is 0.468 e. The first-order valence-electron chi connectivity index (χ1n) is 12.7. The monoisotopic (exact) mass is 488 g/mol. The third-order valence-electron chi connectivity index (χ3n) is 11.1. The maximum absolute atomic E-state index is 14.1. The maximum atomic E-state index is 14.1. The molecule has 0 amide bonds. The van der Waals surface area contributed by atoms with E-state index in [1.165, 1.54) is 21.0 Å². The molecular weight excluding hydrogens is 448 g/mol. The third-order valence-corrected chi connectivity index (χ3v) is 11.1. The lowest BCUT2D eigenvalue weighted by Crippen LogP contribution is -2.70. The van der Waals surface area contributed by atoms with Gasteiger partial charge in [0.15, 0.2) is 22.6 Å². The minimum Gasteiger partial charge on any atom is -0.468 e. The summed E-state index contributed by atoms with van der Waals surface area (Å²) in [6.45, 7) is 14.5. The zero-order chi connectivity index (χ0) is 26.6. The summed E-state index contributed by atoms with van der Waals surface area (Å²) in [6, 6.07) is 0. The third kappa shape index (κ3) is 2.66. The molecule has 3 saturated carbocycles. The van der Waals surface area contributed by atoms with Gasteiger partial charge in [0, 0.05) is 12.3 Å². The number of fused-ring (bicyclic) bond motifs is 5. The van der Waals surface area contributed by atoms with Crippen LogP contribution in [0.1, 0.15) is 81.1 Å². The number of rotatable bonds is 2. The predicted octanol–water partition coefficient (Wildman–Crippen LogP) is 3.81. The number of hydrogen-bond acceptors (Lipinski definition) is 7. The van der Waals surface area contributed by atoms with Gasteiger partial charge < -0.3 is 14.6 Å². The van der Waals surface area contributed by atoms with Crippen molar-refractivity contribution in [2.75, 3.05) is 7.11 Å². The second kappa shape index (κ2) is 7.27. The molecule has 0 bridgehead atoms. The highest BCUT2D eigenvalue weighted by atomic mass is 16.5. The Kier molecular flexibility index (Phi) is 5.41. The van der Waals surface area contributed by atoms with Crippen LogP contribution in [-0.2, 0) is 28.7 Å². The second-order valence-corrected chi connectivity index (χ2v) is 12.9. The molecule has 0 spiro atoms. The molecule has 4 rings (SSSR count). The molecule has 194 valence electrons. The van der Waals surface area contributed by atoms with Gasteiger partial charge in [-0.3, -0.25) is 19.2 Å². The zero-order valence-corrected chi connectivity index (χ0v) is 22.5. The van der Waals surface area contributed by atoms with Gasteiger partial charge in [-0.2, -0.15) is 0 Å². The van der Waals surface area contributed by atoms with Gasteiger partial charge in [0.25, 0.3) is 0 Å². The van der Waals surface area contributed by atoms with Crippen molar-refractivity contribution in [2.45, 2.75) is 92.8 Å². The van der Waals surface area contributed by atoms with E-state index in [-0.39, 0.29) is 34.7 Å². The first-order chi connectivity index (χ1) is 15.9. The number of Topliss-reactive ketones (excluding diaryl/α,β-unsaturated/α-hetero) is 2. The molecule has 1 N–H and O–H groups in total. The Morgan fingerprint density at radius 1 is 1.00 bits per heavy atom. The van der Waals surface area contributed by atoms with Crippen LogP contribution in [0.15, 0.2) is 11.6 Å². The molecule has 0 aliphatic heterocycles. The Balaban J connectivity index is 1.97. The van der Waals surface area contributed by atoms with Gasteiger partial charge >= 0.3 is 11.9 Å². The van der Waals surface area contributed by atoms with Crippen LogP contribution in [0.2, 0.25) is 0 Å². The summed E-state index contributed by atoms with van der Waals surface area (Å²) in [5, 5.41) is 11.2. The first-order valence-corrected chi connectivity index (χ1v) is 12.7. The van der Waals surface area contributed by atoms with Gasteiger partial charge in [0.05, 0.1) is 12.5 Å². The van der Waals surface area contributed by atoms with Gasteiger partial charge in [-0.1, -0.05) is 39.3 Å². The van der Waals surface area contributed by atoms with Crippen molar-refractivity contribution in [1.82, 2.24) is 0 Å². The number of hydrogen-bond donors (Lipinski definition) is 1. The Labute approximate surface area is 208 Å². The normalized spacial score (nSPS) is 48.3. The Morgan fingerprint density at radius 2 is 1.60 bits per heavy atom. The van der Waals surface area contributed by atoms with Gasteiger partial charge in [-0.15, -0.1) is 0 Å². The van der Waals surface area contributed by atoms with Crippen LogP contribution in [0.25, 0.3) is 0 Å². The van der Waals surface area contributed by atoms with Crippen molar-refractivity contribution in [2.24, 2.45) is 38.9 Å². The molecule has 0 unspecified atom stereocenters. The van der Waals surface area contributed by atoms with Crippen molar-refractivity contribution >= 4 is 23.5 Å². The molecule has 0 aromatic rings. The average molecular weight is 489 g/mol. The molecule has 35 heavy (non-hydrogen) atoms. The van der Waals surface area contributed by atoms with E-state index in [1.54, 1.807) is 13.8 Å². The summed E-state index contributed by atoms with van der Waals surface area (Å²) in [4.78, 5) is 53.4. The summed E-state index contributed by atoms with van der Waals surface area (Å²) < 4.78 is 11.0. The zero-order valence-electron chi connectivity index (χ0n) is 22.5. The second-order valence-electron chi connectivity index (χ2n) is 12.9. The van der Waals surface area contributed by atoms with Crippen LogP contribution in [0.3, 0.4) is 0 Å². The van der Waals surface area contributed by atoms with E-state index in [2.05, 4.69) is 26.8 Å². The quantitative estimate of drug-likeness (QED) is 0.358. The van der Waals surface area contributed by atoms with Crippen molar-refractivity contribution < 1.29 is 33.8 Å². The summed E-state index contributed by atoms with van der Waals surface area (Å²) in [5.41, 5.74) is -6.57. The van der Waals surface area contributed by atoms with Crippen LogP contribution in [0, 0.1) is 38.9 Å². The van der Waals surface area contributed by atoms with Crippen LogP contribution >= 0.6 is 0 Å². The molecule has 0 saturated heterocycles. The highest BCUT2D eigenvalue weighted by molar-refractivity contribution is 6.30. The van der Waals surface area contributed by atoms with E-state index < -0.39 is 39.4 Å². The molecule has 0 aromatic carbocycles. The molecule has 0 aromatic heterocycles.